The van der Waals surface area contributed by atoms with Crippen molar-refractivity contribution in [2.45, 2.75) is 37.8 Å². The van der Waals surface area contributed by atoms with E-state index in [1.54, 1.807) is 16.8 Å². The van der Waals surface area contributed by atoms with Gasteiger partial charge in [-0.2, -0.15) is 10.2 Å². The number of benzene rings is 2. The second-order valence-electron chi connectivity index (χ2n) is 9.15. The molecule has 2 aliphatic carbocycles. The molecule has 8 nitrogen and oxygen atoms in total. The number of ether oxygens (including phenoxy) is 2. The molecule has 2 fully saturated rings. The molecule has 0 bridgehead atoms. The van der Waals surface area contributed by atoms with E-state index in [1.807, 2.05) is 30.5 Å². The van der Waals surface area contributed by atoms with Gasteiger partial charge in [-0.1, -0.05) is 29.8 Å². The first-order chi connectivity index (χ1) is 16.5. The summed E-state index contributed by atoms with van der Waals surface area (Å²) in [6, 6.07) is 11.0. The Hall–Kier alpha value is -3.39. The molecule has 34 heavy (non-hydrogen) atoms. The summed E-state index contributed by atoms with van der Waals surface area (Å²) in [6.07, 6.45) is 5.38. The molecule has 0 spiro atoms. The van der Waals surface area contributed by atoms with Crippen molar-refractivity contribution in [1.82, 2.24) is 19.6 Å². The van der Waals surface area contributed by atoms with Crippen LogP contribution in [-0.4, -0.2) is 39.2 Å². The summed E-state index contributed by atoms with van der Waals surface area (Å²) in [6.45, 7) is 1.00. The van der Waals surface area contributed by atoms with Crippen LogP contribution < -0.4 is 10.3 Å². The summed E-state index contributed by atoms with van der Waals surface area (Å²) >= 11 is 6.42. The van der Waals surface area contributed by atoms with Crippen molar-refractivity contribution in [2.24, 2.45) is 5.92 Å². The van der Waals surface area contributed by atoms with E-state index in [1.165, 1.54) is 24.6 Å². The molecule has 0 amide bonds. The smallest absolute Gasteiger partial charge is 0.333 e. The lowest BCUT2D eigenvalue weighted by molar-refractivity contribution is -0.146. The van der Waals surface area contributed by atoms with Crippen LogP contribution in [0.4, 0.5) is 0 Å². The summed E-state index contributed by atoms with van der Waals surface area (Å²) in [7, 11) is 1.33. The highest BCUT2D eigenvalue weighted by molar-refractivity contribution is 6.32. The molecule has 2 aromatic heterocycles. The summed E-state index contributed by atoms with van der Waals surface area (Å²) in [4.78, 5) is 25.7. The summed E-state index contributed by atoms with van der Waals surface area (Å²) in [5, 5.41) is 12.0. The summed E-state index contributed by atoms with van der Waals surface area (Å²) < 4.78 is 14.0. The van der Waals surface area contributed by atoms with E-state index in [0.717, 1.165) is 16.3 Å². The van der Waals surface area contributed by atoms with Gasteiger partial charge in [0.1, 0.15) is 5.75 Å². The highest BCUT2D eigenvalue weighted by Gasteiger charge is 2.55. The van der Waals surface area contributed by atoms with Gasteiger partial charge in [0.2, 0.25) is 0 Å². The number of halogens is 1. The van der Waals surface area contributed by atoms with Crippen molar-refractivity contribution in [3.8, 4) is 5.75 Å². The number of aromatic nitrogens is 4. The van der Waals surface area contributed by atoms with Gasteiger partial charge < -0.3 is 9.47 Å². The van der Waals surface area contributed by atoms with Crippen LogP contribution in [0, 0.1) is 5.92 Å². The molecule has 0 N–H and O–H groups in total. The number of hydrogen-bond donors (Lipinski definition) is 0. The fourth-order valence-corrected chi connectivity index (χ4v) is 4.60. The van der Waals surface area contributed by atoms with Crippen LogP contribution in [0.5, 0.6) is 5.75 Å². The lowest BCUT2D eigenvalue weighted by Gasteiger charge is -2.17. The fraction of sp³-hybridized carbons (Fsp3) is 0.360. The molecular formula is C25H23ClN4O4. The molecule has 0 atom stereocenters. The molecule has 2 saturated carbocycles. The lowest BCUT2D eigenvalue weighted by atomic mass is 10.1. The molecule has 4 aromatic rings. The minimum absolute atomic E-state index is 0.294. The van der Waals surface area contributed by atoms with Crippen LogP contribution in [0.25, 0.3) is 21.7 Å². The number of rotatable bonds is 7. The largest absolute Gasteiger partial charge is 0.492 e. The molecule has 2 aliphatic rings. The predicted molar refractivity (Wildman–Crippen MR) is 127 cm³/mol. The van der Waals surface area contributed by atoms with Crippen LogP contribution in [0.3, 0.4) is 0 Å². The van der Waals surface area contributed by atoms with E-state index in [-0.39, 0.29) is 5.56 Å². The fourth-order valence-electron chi connectivity index (χ4n) is 4.39. The molecule has 9 heteroatoms. The van der Waals surface area contributed by atoms with E-state index in [2.05, 4.69) is 10.2 Å². The first kappa shape index (κ1) is 21.2. The number of fused-ring (bicyclic) bond motifs is 2. The highest BCUT2D eigenvalue weighted by Crippen LogP contribution is 2.43. The van der Waals surface area contributed by atoms with Gasteiger partial charge in [-0.3, -0.25) is 9.48 Å². The maximum Gasteiger partial charge on any atom is 0.333 e. The Labute approximate surface area is 200 Å². The predicted octanol–water partition coefficient (Wildman–Crippen LogP) is 3.90. The lowest BCUT2D eigenvalue weighted by Crippen LogP contribution is -2.40. The Morgan fingerprint density at radius 2 is 1.94 bits per heavy atom. The van der Waals surface area contributed by atoms with E-state index in [9.17, 15) is 9.59 Å². The Morgan fingerprint density at radius 1 is 1.18 bits per heavy atom. The molecule has 2 heterocycles. The van der Waals surface area contributed by atoms with Gasteiger partial charge in [0.25, 0.3) is 5.56 Å². The van der Waals surface area contributed by atoms with Crippen molar-refractivity contribution in [2.75, 3.05) is 13.7 Å². The Morgan fingerprint density at radius 3 is 2.65 bits per heavy atom. The average Bonchev–Trinajstić information content (AvgIpc) is 3.77. The van der Waals surface area contributed by atoms with E-state index in [4.69, 9.17) is 21.1 Å². The third kappa shape index (κ3) is 3.53. The van der Waals surface area contributed by atoms with Crippen molar-refractivity contribution < 1.29 is 14.3 Å². The molecular weight excluding hydrogens is 456 g/mol. The normalized spacial score (nSPS) is 16.6. The van der Waals surface area contributed by atoms with E-state index >= 15 is 0 Å². The van der Waals surface area contributed by atoms with E-state index in [0.29, 0.717) is 53.8 Å². The molecule has 6 rings (SSSR count). The molecule has 0 aliphatic heterocycles. The van der Waals surface area contributed by atoms with Gasteiger partial charge in [-0.05, 0) is 49.8 Å². The second-order valence-corrected chi connectivity index (χ2v) is 9.56. The van der Waals surface area contributed by atoms with Crippen molar-refractivity contribution in [3.63, 3.8) is 0 Å². The molecule has 0 unspecified atom stereocenters. The Kier molecular flexibility index (Phi) is 4.88. The standard InChI is InChI=1S/C25H23ClN4O4/c1-33-24(32)25(8-9-25)30-23(31)18-5-3-2-4-17(18)21(28-30)13-29-12-16-10-22(34-14-15-6-7-15)19(26)11-20(16)27-29/h2-5,10-12,15H,6-9,13-14H2,1H3. The van der Waals surface area contributed by atoms with Crippen molar-refractivity contribution in [1.29, 1.82) is 0 Å². The third-order valence-corrected chi connectivity index (χ3v) is 6.96. The molecule has 174 valence electrons. The van der Waals surface area contributed by atoms with E-state index < -0.39 is 11.5 Å². The number of carbonyl (C=O) groups is 1. The quantitative estimate of drug-likeness (QED) is 0.374. The maximum absolute atomic E-state index is 13.2. The summed E-state index contributed by atoms with van der Waals surface area (Å²) in [5.74, 6) is 0.845. The summed E-state index contributed by atoms with van der Waals surface area (Å²) in [5.41, 5.74) is 0.0713. The zero-order valence-corrected chi connectivity index (χ0v) is 19.4. The topological polar surface area (TPSA) is 88.2 Å². The molecule has 2 aromatic carbocycles. The van der Waals surface area contributed by atoms with Gasteiger partial charge in [0.15, 0.2) is 5.54 Å². The zero-order valence-electron chi connectivity index (χ0n) is 18.7. The monoisotopic (exact) mass is 478 g/mol. The SMILES string of the molecule is COC(=O)C1(n2nc(Cn3cc4cc(OCC5CC5)c(Cl)cc4n3)c3ccccc3c2=O)CC1. The van der Waals surface area contributed by atoms with Crippen LogP contribution in [-0.2, 0) is 21.6 Å². The maximum atomic E-state index is 13.2. The Balaban J connectivity index is 1.40. The highest BCUT2D eigenvalue weighted by atomic mass is 35.5. The van der Waals surface area contributed by atoms with Crippen LogP contribution in [0.1, 0.15) is 31.4 Å². The molecule has 0 saturated heterocycles. The van der Waals surface area contributed by atoms with Crippen molar-refractivity contribution >= 4 is 39.2 Å². The van der Waals surface area contributed by atoms with Gasteiger partial charge in [-0.25, -0.2) is 9.48 Å². The third-order valence-electron chi connectivity index (χ3n) is 6.66. The van der Waals surface area contributed by atoms with Crippen LogP contribution >= 0.6 is 11.6 Å². The van der Waals surface area contributed by atoms with Gasteiger partial charge in [0.05, 0.1) is 41.9 Å². The minimum Gasteiger partial charge on any atom is -0.492 e. The number of nitrogens with zero attached hydrogens (tertiary/aromatic N) is 4. The first-order valence-electron chi connectivity index (χ1n) is 11.4. The number of carbonyl (C=O) groups excluding carboxylic acids is 1. The van der Waals surface area contributed by atoms with Crippen LogP contribution in [0.2, 0.25) is 5.02 Å². The molecule has 0 radical (unpaired) electrons. The number of esters is 1. The van der Waals surface area contributed by atoms with Crippen LogP contribution in [0.15, 0.2) is 47.4 Å². The number of hydrogen-bond acceptors (Lipinski definition) is 6. The van der Waals surface area contributed by atoms with Gasteiger partial charge in [0, 0.05) is 17.0 Å². The van der Waals surface area contributed by atoms with Gasteiger partial charge >= 0.3 is 5.97 Å². The minimum atomic E-state index is -1.03. The zero-order chi connectivity index (χ0) is 23.4. The first-order valence-corrected chi connectivity index (χ1v) is 11.8. The van der Waals surface area contributed by atoms with Gasteiger partial charge in [-0.15, -0.1) is 0 Å². The average molecular weight is 479 g/mol. The number of methoxy groups -OCH3 is 1. The second kappa shape index (κ2) is 7.84. The van der Waals surface area contributed by atoms with Crippen molar-refractivity contribution in [3.05, 3.63) is 63.7 Å². The Bertz CT molecular complexity index is 1500.